The predicted molar refractivity (Wildman–Crippen MR) is 92.3 cm³/mol. The molecule has 6 nitrogen and oxygen atoms in total. The van der Waals surface area contributed by atoms with Gasteiger partial charge in [-0.1, -0.05) is 12.8 Å². The van der Waals surface area contributed by atoms with Gasteiger partial charge in [-0.25, -0.2) is 9.78 Å². The Bertz CT molecular complexity index is 549. The molecule has 1 N–H and O–H groups in total. The fraction of sp³-hybridized carbons (Fsp3) is 0.667. The minimum absolute atomic E-state index is 0.00764. The van der Waals surface area contributed by atoms with E-state index in [0.717, 1.165) is 12.8 Å². The van der Waals surface area contributed by atoms with Crippen LogP contribution in [0, 0.1) is 5.92 Å². The van der Waals surface area contributed by atoms with Crippen molar-refractivity contribution in [1.29, 1.82) is 0 Å². The van der Waals surface area contributed by atoms with Crippen molar-refractivity contribution < 1.29 is 14.3 Å². The molecule has 132 valence electrons. The molecular formula is C18H27N3O3. The Balaban J connectivity index is 1.58. The van der Waals surface area contributed by atoms with Crippen molar-refractivity contribution in [2.75, 3.05) is 25.6 Å². The molecule has 0 unspecified atom stereocenters. The summed E-state index contributed by atoms with van der Waals surface area (Å²) < 4.78 is 10.4. The molecule has 0 bridgehead atoms. The number of rotatable bonds is 5. The van der Waals surface area contributed by atoms with Crippen LogP contribution >= 0.6 is 0 Å². The summed E-state index contributed by atoms with van der Waals surface area (Å²) in [5, 5.41) is 2.99. The molecule has 24 heavy (non-hydrogen) atoms. The van der Waals surface area contributed by atoms with Crippen molar-refractivity contribution >= 4 is 11.7 Å². The van der Waals surface area contributed by atoms with E-state index < -0.39 is 0 Å². The topological polar surface area (TPSA) is 63.7 Å². The standard InChI is InChI=1S/C18H27N3O3/c1-13-11-14-5-3-4-6-16(14)21(13)18(22)20-15-7-8-17(19-12-15)24-10-9-23-2/h7-8,12-14,16H,3-6,9-11H2,1-2H3,(H,20,22)/t13-,14+,16+/m1/s1. The molecule has 1 aliphatic heterocycles. The fourth-order valence-corrected chi connectivity index (χ4v) is 4.02. The summed E-state index contributed by atoms with van der Waals surface area (Å²) in [4.78, 5) is 19.0. The van der Waals surface area contributed by atoms with Crippen molar-refractivity contribution in [3.05, 3.63) is 18.3 Å². The van der Waals surface area contributed by atoms with E-state index in [2.05, 4.69) is 17.2 Å². The SMILES string of the molecule is COCCOc1ccc(NC(=O)N2[C@H](C)C[C@@H]3CCCC[C@@H]32)cn1. The summed E-state index contributed by atoms with van der Waals surface area (Å²) in [7, 11) is 1.63. The highest BCUT2D eigenvalue weighted by Gasteiger charge is 2.42. The number of hydrogen-bond donors (Lipinski definition) is 1. The van der Waals surface area contributed by atoms with Crippen molar-refractivity contribution in [3.63, 3.8) is 0 Å². The van der Waals surface area contributed by atoms with E-state index in [0.29, 0.717) is 42.8 Å². The van der Waals surface area contributed by atoms with E-state index in [9.17, 15) is 4.79 Å². The van der Waals surface area contributed by atoms with Crippen LogP contribution in [-0.2, 0) is 4.74 Å². The molecule has 2 fully saturated rings. The lowest BCUT2D eigenvalue weighted by Gasteiger charge is -2.33. The van der Waals surface area contributed by atoms with Gasteiger partial charge in [0.15, 0.2) is 0 Å². The van der Waals surface area contributed by atoms with Crippen LogP contribution in [0.4, 0.5) is 10.5 Å². The van der Waals surface area contributed by atoms with E-state index >= 15 is 0 Å². The maximum atomic E-state index is 12.7. The molecule has 2 amide bonds. The average Bonchev–Trinajstić information content (AvgIpc) is 2.92. The molecule has 1 aromatic heterocycles. The Kier molecular flexibility index (Phi) is 5.56. The monoisotopic (exact) mass is 333 g/mol. The summed E-state index contributed by atoms with van der Waals surface area (Å²) in [5.74, 6) is 1.21. The van der Waals surface area contributed by atoms with Crippen LogP contribution in [0.15, 0.2) is 18.3 Å². The number of methoxy groups -OCH3 is 1. The van der Waals surface area contributed by atoms with Crippen molar-refractivity contribution in [2.45, 2.75) is 51.1 Å². The van der Waals surface area contributed by atoms with Crippen LogP contribution < -0.4 is 10.1 Å². The molecule has 3 atom stereocenters. The summed E-state index contributed by atoms with van der Waals surface area (Å²) in [6.45, 7) is 3.14. The second-order valence-electron chi connectivity index (χ2n) is 6.76. The smallest absolute Gasteiger partial charge is 0.322 e. The maximum absolute atomic E-state index is 12.7. The minimum Gasteiger partial charge on any atom is -0.475 e. The quantitative estimate of drug-likeness (QED) is 0.840. The summed E-state index contributed by atoms with van der Waals surface area (Å²) in [6.07, 6.45) is 7.69. The molecule has 0 radical (unpaired) electrons. The number of ether oxygens (including phenoxy) is 2. The number of anilines is 1. The highest BCUT2D eigenvalue weighted by atomic mass is 16.5. The molecule has 6 heteroatoms. The number of carbonyl (C=O) groups is 1. The number of nitrogens with zero attached hydrogens (tertiary/aromatic N) is 2. The van der Waals surface area contributed by atoms with Crippen molar-refractivity contribution in [3.8, 4) is 5.88 Å². The second-order valence-corrected chi connectivity index (χ2v) is 6.76. The summed E-state index contributed by atoms with van der Waals surface area (Å²) in [5.41, 5.74) is 0.700. The predicted octanol–water partition coefficient (Wildman–Crippen LogP) is 3.29. The first-order valence-electron chi connectivity index (χ1n) is 8.86. The molecule has 2 heterocycles. The maximum Gasteiger partial charge on any atom is 0.322 e. The highest BCUT2D eigenvalue weighted by Crippen LogP contribution is 2.39. The zero-order valence-electron chi connectivity index (χ0n) is 14.5. The van der Waals surface area contributed by atoms with Gasteiger partial charge in [-0.3, -0.25) is 0 Å². The van der Waals surface area contributed by atoms with Gasteiger partial charge in [0.1, 0.15) is 6.61 Å². The lowest BCUT2D eigenvalue weighted by molar-refractivity contribution is 0.144. The van der Waals surface area contributed by atoms with Gasteiger partial charge in [0, 0.05) is 25.3 Å². The van der Waals surface area contributed by atoms with Crippen LogP contribution in [0.5, 0.6) is 5.88 Å². The van der Waals surface area contributed by atoms with Gasteiger partial charge in [0.2, 0.25) is 5.88 Å². The minimum atomic E-state index is -0.00764. The Morgan fingerprint density at radius 3 is 2.92 bits per heavy atom. The van der Waals surface area contributed by atoms with E-state index in [-0.39, 0.29) is 6.03 Å². The third-order valence-electron chi connectivity index (χ3n) is 5.10. The number of likely N-dealkylation sites (tertiary alicyclic amines) is 1. The molecule has 3 rings (SSSR count). The largest absolute Gasteiger partial charge is 0.475 e. The van der Waals surface area contributed by atoms with E-state index in [4.69, 9.17) is 9.47 Å². The van der Waals surface area contributed by atoms with Gasteiger partial charge in [0.25, 0.3) is 0 Å². The zero-order chi connectivity index (χ0) is 16.9. The molecule has 1 saturated heterocycles. The molecule has 2 aliphatic rings. The highest BCUT2D eigenvalue weighted by molar-refractivity contribution is 5.89. The van der Waals surface area contributed by atoms with Crippen LogP contribution in [0.2, 0.25) is 0 Å². The Morgan fingerprint density at radius 2 is 2.17 bits per heavy atom. The molecular weight excluding hydrogens is 306 g/mol. The molecule has 1 aromatic rings. The molecule has 0 spiro atoms. The van der Waals surface area contributed by atoms with Crippen molar-refractivity contribution in [1.82, 2.24) is 9.88 Å². The van der Waals surface area contributed by atoms with Crippen LogP contribution in [0.3, 0.4) is 0 Å². The Labute approximate surface area is 143 Å². The number of hydrogen-bond acceptors (Lipinski definition) is 4. The third kappa shape index (κ3) is 3.80. The first-order chi connectivity index (χ1) is 11.7. The number of carbonyl (C=O) groups excluding carboxylic acids is 1. The molecule has 1 saturated carbocycles. The fourth-order valence-electron chi connectivity index (χ4n) is 4.02. The normalized spacial score (nSPS) is 26.1. The van der Waals surface area contributed by atoms with Crippen LogP contribution in [0.1, 0.15) is 39.0 Å². The molecule has 1 aliphatic carbocycles. The number of fused-ring (bicyclic) bond motifs is 1. The lowest BCUT2D eigenvalue weighted by atomic mass is 9.85. The second kappa shape index (κ2) is 7.83. The summed E-state index contributed by atoms with van der Waals surface area (Å²) in [6, 6.07) is 4.29. The van der Waals surface area contributed by atoms with E-state index in [1.54, 1.807) is 19.4 Å². The van der Waals surface area contributed by atoms with Gasteiger partial charge < -0.3 is 19.7 Å². The third-order valence-corrected chi connectivity index (χ3v) is 5.10. The van der Waals surface area contributed by atoms with Gasteiger partial charge in [-0.2, -0.15) is 0 Å². The number of aromatic nitrogens is 1. The zero-order valence-corrected chi connectivity index (χ0v) is 14.5. The van der Waals surface area contributed by atoms with E-state index in [1.165, 1.54) is 19.3 Å². The van der Waals surface area contributed by atoms with Gasteiger partial charge in [-0.15, -0.1) is 0 Å². The van der Waals surface area contributed by atoms with Crippen LogP contribution in [-0.4, -0.2) is 48.3 Å². The number of urea groups is 1. The number of pyridine rings is 1. The Hall–Kier alpha value is -1.82. The van der Waals surface area contributed by atoms with Gasteiger partial charge in [0.05, 0.1) is 18.5 Å². The van der Waals surface area contributed by atoms with Crippen molar-refractivity contribution in [2.24, 2.45) is 5.92 Å². The summed E-state index contributed by atoms with van der Waals surface area (Å²) >= 11 is 0. The first kappa shape index (κ1) is 17.0. The van der Waals surface area contributed by atoms with Gasteiger partial charge in [-0.05, 0) is 38.2 Å². The van der Waals surface area contributed by atoms with Crippen LogP contribution in [0.25, 0.3) is 0 Å². The molecule has 0 aromatic carbocycles. The Morgan fingerprint density at radius 1 is 1.33 bits per heavy atom. The number of amides is 2. The lowest BCUT2D eigenvalue weighted by Crippen LogP contribution is -2.44. The van der Waals surface area contributed by atoms with Gasteiger partial charge >= 0.3 is 6.03 Å². The first-order valence-corrected chi connectivity index (χ1v) is 8.86. The number of nitrogens with one attached hydrogen (secondary N) is 1. The average molecular weight is 333 g/mol. The van der Waals surface area contributed by atoms with E-state index in [1.807, 2.05) is 11.0 Å².